The van der Waals surface area contributed by atoms with Gasteiger partial charge in [-0.2, -0.15) is 0 Å². The highest BCUT2D eigenvalue weighted by Crippen LogP contribution is 2.44. The minimum Gasteiger partial charge on any atom is -0.493 e. The number of benzene rings is 1. The summed E-state index contributed by atoms with van der Waals surface area (Å²) in [6.45, 7) is 0.742. The maximum atomic E-state index is 10.2. The number of fused-ring (bicyclic) bond motifs is 1. The summed E-state index contributed by atoms with van der Waals surface area (Å²) in [5.74, 6) is 1.80. The van der Waals surface area contributed by atoms with Gasteiger partial charge >= 0.3 is 0 Å². The van der Waals surface area contributed by atoms with Gasteiger partial charge in [0.15, 0.2) is 0 Å². The molecular formula is C13H16O2. The van der Waals surface area contributed by atoms with Crippen LogP contribution in [-0.4, -0.2) is 17.8 Å². The molecule has 1 aromatic rings. The number of para-hydroxylation sites is 1. The van der Waals surface area contributed by atoms with Crippen molar-refractivity contribution in [2.75, 3.05) is 6.61 Å². The minimum absolute atomic E-state index is 0.157. The van der Waals surface area contributed by atoms with Gasteiger partial charge in [-0.15, -0.1) is 0 Å². The molecule has 1 aliphatic heterocycles. The average molecular weight is 204 g/mol. The van der Waals surface area contributed by atoms with Crippen molar-refractivity contribution in [3.63, 3.8) is 0 Å². The molecule has 2 atom stereocenters. The molecule has 2 aliphatic rings. The van der Waals surface area contributed by atoms with Crippen molar-refractivity contribution in [3.05, 3.63) is 29.8 Å². The zero-order chi connectivity index (χ0) is 10.3. The molecule has 1 aliphatic carbocycles. The second-order valence-corrected chi connectivity index (χ2v) is 4.61. The third-order valence-electron chi connectivity index (χ3n) is 3.52. The van der Waals surface area contributed by atoms with E-state index in [1.54, 1.807) is 0 Å². The van der Waals surface area contributed by atoms with Crippen LogP contribution in [0.25, 0.3) is 0 Å². The van der Waals surface area contributed by atoms with Crippen LogP contribution >= 0.6 is 0 Å². The predicted octanol–water partition coefficient (Wildman–Crippen LogP) is 2.32. The summed E-state index contributed by atoms with van der Waals surface area (Å²) in [7, 11) is 0. The zero-order valence-corrected chi connectivity index (χ0v) is 8.73. The van der Waals surface area contributed by atoms with Crippen molar-refractivity contribution in [3.8, 4) is 5.75 Å². The van der Waals surface area contributed by atoms with Crippen molar-refractivity contribution < 1.29 is 9.84 Å². The first kappa shape index (κ1) is 9.22. The molecule has 0 aromatic heterocycles. The topological polar surface area (TPSA) is 29.5 Å². The number of rotatable bonds is 2. The number of ether oxygens (including phenoxy) is 1. The van der Waals surface area contributed by atoms with Gasteiger partial charge in [0.1, 0.15) is 5.75 Å². The maximum absolute atomic E-state index is 10.2. The van der Waals surface area contributed by atoms with Gasteiger partial charge in [0.2, 0.25) is 0 Å². The van der Waals surface area contributed by atoms with Gasteiger partial charge in [-0.25, -0.2) is 0 Å². The summed E-state index contributed by atoms with van der Waals surface area (Å²) in [6.07, 6.45) is 3.19. The highest BCUT2D eigenvalue weighted by Gasteiger charge is 2.37. The first-order valence-electron chi connectivity index (χ1n) is 5.76. The molecular weight excluding hydrogens is 188 g/mol. The minimum atomic E-state index is -0.157. The van der Waals surface area contributed by atoms with Gasteiger partial charge in [-0.1, -0.05) is 18.2 Å². The largest absolute Gasteiger partial charge is 0.493 e. The van der Waals surface area contributed by atoms with Gasteiger partial charge in [0.05, 0.1) is 12.7 Å². The lowest BCUT2D eigenvalue weighted by atomic mass is 9.86. The molecule has 2 heteroatoms. The molecule has 0 bridgehead atoms. The second kappa shape index (κ2) is 3.53. The van der Waals surface area contributed by atoms with E-state index >= 15 is 0 Å². The van der Waals surface area contributed by atoms with Gasteiger partial charge in [0, 0.05) is 5.92 Å². The van der Waals surface area contributed by atoms with Crippen molar-refractivity contribution >= 4 is 0 Å². The Hall–Kier alpha value is -1.02. The van der Waals surface area contributed by atoms with Gasteiger partial charge in [-0.05, 0) is 36.8 Å². The van der Waals surface area contributed by atoms with Crippen molar-refractivity contribution in [2.45, 2.75) is 31.3 Å². The standard InChI is InChI=1S/C13H16O2/c14-13(9-5-6-9)11-7-8-15-12-4-2-1-3-10(11)12/h1-4,9,11,13-14H,5-8H2. The third kappa shape index (κ3) is 1.63. The Morgan fingerprint density at radius 1 is 1.20 bits per heavy atom. The summed E-state index contributed by atoms with van der Waals surface area (Å²) in [6, 6.07) is 8.11. The highest BCUT2D eigenvalue weighted by molar-refractivity contribution is 5.38. The van der Waals surface area contributed by atoms with E-state index in [9.17, 15) is 5.11 Å². The summed E-state index contributed by atoms with van der Waals surface area (Å²) >= 11 is 0. The first-order chi connectivity index (χ1) is 7.36. The summed E-state index contributed by atoms with van der Waals surface area (Å²) in [5, 5.41) is 10.2. The van der Waals surface area contributed by atoms with Crippen molar-refractivity contribution in [1.29, 1.82) is 0 Å². The fourth-order valence-electron chi connectivity index (χ4n) is 2.49. The molecule has 3 rings (SSSR count). The van der Waals surface area contributed by atoms with Crippen LogP contribution in [0.15, 0.2) is 24.3 Å². The zero-order valence-electron chi connectivity index (χ0n) is 8.73. The molecule has 2 nitrogen and oxygen atoms in total. The number of aliphatic hydroxyl groups excluding tert-OH is 1. The Morgan fingerprint density at radius 3 is 2.80 bits per heavy atom. The summed E-state index contributed by atoms with van der Waals surface area (Å²) in [4.78, 5) is 0. The smallest absolute Gasteiger partial charge is 0.122 e. The summed E-state index contributed by atoms with van der Waals surface area (Å²) in [5.41, 5.74) is 1.20. The maximum Gasteiger partial charge on any atom is 0.122 e. The van der Waals surface area contributed by atoms with E-state index in [1.165, 1.54) is 18.4 Å². The molecule has 0 spiro atoms. The van der Waals surface area contributed by atoms with E-state index < -0.39 is 0 Å². The normalized spacial score (nSPS) is 26.6. The van der Waals surface area contributed by atoms with E-state index in [0.717, 1.165) is 18.8 Å². The van der Waals surface area contributed by atoms with E-state index in [1.807, 2.05) is 18.2 Å². The quantitative estimate of drug-likeness (QED) is 0.801. The molecule has 0 saturated heterocycles. The summed E-state index contributed by atoms with van der Waals surface area (Å²) < 4.78 is 5.59. The Morgan fingerprint density at radius 2 is 2.00 bits per heavy atom. The molecule has 0 amide bonds. The molecule has 2 unspecified atom stereocenters. The molecule has 0 radical (unpaired) electrons. The number of hydrogen-bond donors (Lipinski definition) is 1. The fraction of sp³-hybridized carbons (Fsp3) is 0.538. The highest BCUT2D eigenvalue weighted by atomic mass is 16.5. The first-order valence-corrected chi connectivity index (χ1v) is 5.76. The van der Waals surface area contributed by atoms with Crippen LogP contribution in [0.3, 0.4) is 0 Å². The molecule has 1 fully saturated rings. The molecule has 15 heavy (non-hydrogen) atoms. The number of hydrogen-bond acceptors (Lipinski definition) is 2. The molecule has 80 valence electrons. The van der Waals surface area contributed by atoms with E-state index in [4.69, 9.17) is 4.74 Å². The Kier molecular flexibility index (Phi) is 2.17. The van der Waals surface area contributed by atoms with Crippen LogP contribution in [0.2, 0.25) is 0 Å². The van der Waals surface area contributed by atoms with Crippen LogP contribution in [0.5, 0.6) is 5.75 Å². The molecule has 1 N–H and O–H groups in total. The Labute approximate surface area is 89.9 Å². The Bertz CT molecular complexity index is 357. The van der Waals surface area contributed by atoms with E-state index in [-0.39, 0.29) is 6.10 Å². The molecule has 1 aromatic carbocycles. The van der Waals surface area contributed by atoms with Crippen LogP contribution in [0, 0.1) is 5.92 Å². The van der Waals surface area contributed by atoms with Crippen molar-refractivity contribution in [2.24, 2.45) is 5.92 Å². The van der Waals surface area contributed by atoms with Crippen LogP contribution in [-0.2, 0) is 0 Å². The van der Waals surface area contributed by atoms with Crippen LogP contribution < -0.4 is 4.74 Å². The third-order valence-corrected chi connectivity index (χ3v) is 3.52. The predicted molar refractivity (Wildman–Crippen MR) is 58.0 cm³/mol. The van der Waals surface area contributed by atoms with Crippen LogP contribution in [0.1, 0.15) is 30.7 Å². The lowest BCUT2D eigenvalue weighted by Gasteiger charge is -2.29. The van der Waals surface area contributed by atoms with Crippen molar-refractivity contribution in [1.82, 2.24) is 0 Å². The SMILES string of the molecule is OC(C1CC1)C1CCOc2ccccc21. The van der Waals surface area contributed by atoms with Gasteiger partial charge in [0.25, 0.3) is 0 Å². The van der Waals surface area contributed by atoms with Crippen LogP contribution in [0.4, 0.5) is 0 Å². The average Bonchev–Trinajstić information content (AvgIpc) is 3.11. The fourth-order valence-corrected chi connectivity index (χ4v) is 2.49. The Balaban J connectivity index is 1.91. The van der Waals surface area contributed by atoms with Gasteiger partial charge in [-0.3, -0.25) is 0 Å². The monoisotopic (exact) mass is 204 g/mol. The van der Waals surface area contributed by atoms with Gasteiger partial charge < -0.3 is 9.84 Å². The number of aliphatic hydroxyl groups is 1. The van der Waals surface area contributed by atoms with E-state index in [2.05, 4.69) is 6.07 Å². The van der Waals surface area contributed by atoms with E-state index in [0.29, 0.717) is 11.8 Å². The lowest BCUT2D eigenvalue weighted by molar-refractivity contribution is 0.0976. The lowest BCUT2D eigenvalue weighted by Crippen LogP contribution is -2.26. The molecule has 1 heterocycles. The second-order valence-electron chi connectivity index (χ2n) is 4.61. The molecule has 1 saturated carbocycles.